The lowest BCUT2D eigenvalue weighted by molar-refractivity contribution is 0.0963. The lowest BCUT2D eigenvalue weighted by Crippen LogP contribution is -2.51. The van der Waals surface area contributed by atoms with E-state index in [1.165, 1.54) is 34.9 Å². The third-order valence-corrected chi connectivity index (χ3v) is 8.38. The summed E-state index contributed by atoms with van der Waals surface area (Å²) in [5, 5.41) is 8.14. The summed E-state index contributed by atoms with van der Waals surface area (Å²) in [4.78, 5) is 7.11. The van der Waals surface area contributed by atoms with Gasteiger partial charge >= 0.3 is 0 Å². The molecular formula is C33H46FN4O. The molecular weight excluding hydrogens is 487 g/mol. The zero-order valence-electron chi connectivity index (χ0n) is 23.1. The number of pyridine rings is 1. The predicted octanol–water partition coefficient (Wildman–Crippen LogP) is 7.10. The standard InChI is InChI=1S/C31H34FN4O.C2H6.3H2/c32-27-19-36(12-10-29(27)34-16-20-4-9-31-30(14-20)33-11-13-37-31)18-26(22-7-8-22)24-2-1-3-28-25(24)15-23(17-35-28)21-5-6-21;1-2;;;/h1-6,9,14-15,17,22,26-27,29,33-34H,7-8,10-13,16,18-19H2;1-2H3;3*1H. The first-order valence-electron chi connectivity index (χ1n) is 14.7. The van der Waals surface area contributed by atoms with Crippen molar-refractivity contribution in [3.63, 3.8) is 0 Å². The van der Waals surface area contributed by atoms with Gasteiger partial charge in [0, 0.05) is 60.4 Å². The maximum absolute atomic E-state index is 15.4. The Morgan fingerprint density at radius 2 is 2.05 bits per heavy atom. The number of hydrogen-bond acceptors (Lipinski definition) is 5. The molecule has 4 aliphatic rings. The Morgan fingerprint density at radius 3 is 2.85 bits per heavy atom. The van der Waals surface area contributed by atoms with Crippen LogP contribution in [0.4, 0.5) is 10.1 Å². The third-order valence-electron chi connectivity index (χ3n) is 8.38. The number of benzene rings is 2. The highest BCUT2D eigenvalue weighted by Crippen LogP contribution is 2.45. The summed E-state index contributed by atoms with van der Waals surface area (Å²) in [5.74, 6) is 2.02. The SMILES string of the molecule is CC.FC1CN(CC(c2cccc3ncc(C4=C[CH]4)cc23)C2CC2)CCC1NCc1ccc2c(c1)NCCO2.[HH].[HH].[HH]. The fraction of sp³-hybridized carbons (Fsp3) is 0.455. The maximum Gasteiger partial charge on any atom is 0.142 e. The number of ether oxygens (including phenoxy) is 1. The quantitative estimate of drug-likeness (QED) is 0.323. The fourth-order valence-corrected chi connectivity index (χ4v) is 6.08. The molecule has 0 spiro atoms. The number of allylic oxidation sites excluding steroid dienone is 2. The van der Waals surface area contributed by atoms with Crippen molar-refractivity contribution in [3.8, 4) is 5.75 Å². The van der Waals surface area contributed by atoms with Crippen LogP contribution in [0.2, 0.25) is 0 Å². The van der Waals surface area contributed by atoms with Gasteiger partial charge in [-0.1, -0.05) is 38.1 Å². The van der Waals surface area contributed by atoms with Crippen LogP contribution in [0.5, 0.6) is 5.75 Å². The van der Waals surface area contributed by atoms with Crippen molar-refractivity contribution < 1.29 is 13.4 Å². The van der Waals surface area contributed by atoms with Crippen LogP contribution < -0.4 is 15.4 Å². The summed E-state index contributed by atoms with van der Waals surface area (Å²) >= 11 is 0. The summed E-state index contributed by atoms with van der Waals surface area (Å²) in [6, 6.07) is 14.9. The summed E-state index contributed by atoms with van der Waals surface area (Å²) in [6.45, 7) is 8.54. The van der Waals surface area contributed by atoms with Crippen LogP contribution in [0.3, 0.4) is 0 Å². The Balaban J connectivity index is 0.000000949. The van der Waals surface area contributed by atoms with E-state index in [1.807, 2.05) is 26.1 Å². The normalized spacial score (nSPS) is 23.0. The van der Waals surface area contributed by atoms with Crippen molar-refractivity contribution in [2.24, 2.45) is 5.92 Å². The topological polar surface area (TPSA) is 49.4 Å². The van der Waals surface area contributed by atoms with E-state index in [2.05, 4.69) is 64.4 Å². The minimum Gasteiger partial charge on any atom is -0.490 e. The zero-order chi connectivity index (χ0) is 26.8. The van der Waals surface area contributed by atoms with E-state index in [4.69, 9.17) is 9.72 Å². The van der Waals surface area contributed by atoms with Gasteiger partial charge in [0.2, 0.25) is 0 Å². The number of alkyl halides is 1. The van der Waals surface area contributed by atoms with Crippen LogP contribution in [0.1, 0.15) is 60.0 Å². The molecule has 2 aliphatic carbocycles. The van der Waals surface area contributed by atoms with Gasteiger partial charge in [-0.15, -0.1) is 0 Å². The Morgan fingerprint density at radius 1 is 1.18 bits per heavy atom. The second-order valence-electron chi connectivity index (χ2n) is 11.0. The minimum absolute atomic E-state index is 0. The van der Waals surface area contributed by atoms with Gasteiger partial charge in [-0.25, -0.2) is 4.39 Å². The molecule has 39 heavy (non-hydrogen) atoms. The lowest BCUT2D eigenvalue weighted by atomic mass is 9.89. The number of nitrogens with zero attached hydrogens (tertiary/aromatic N) is 2. The second kappa shape index (κ2) is 11.6. The molecule has 3 heterocycles. The average molecular weight is 534 g/mol. The van der Waals surface area contributed by atoms with Crippen molar-refractivity contribution in [3.05, 3.63) is 77.8 Å². The Bertz CT molecular complexity index is 1350. The van der Waals surface area contributed by atoms with E-state index >= 15 is 4.39 Å². The molecule has 1 saturated heterocycles. The molecule has 1 saturated carbocycles. The number of piperidine rings is 1. The van der Waals surface area contributed by atoms with Gasteiger partial charge in [0.1, 0.15) is 18.5 Å². The molecule has 3 unspecified atom stereocenters. The minimum atomic E-state index is -0.870. The van der Waals surface area contributed by atoms with Crippen LogP contribution >= 0.6 is 0 Å². The zero-order valence-corrected chi connectivity index (χ0v) is 23.1. The molecule has 5 nitrogen and oxygen atoms in total. The highest BCUT2D eigenvalue weighted by atomic mass is 19.1. The van der Waals surface area contributed by atoms with Gasteiger partial charge in [-0.3, -0.25) is 9.88 Å². The van der Waals surface area contributed by atoms with Crippen molar-refractivity contribution >= 4 is 22.2 Å². The molecule has 1 radical (unpaired) electrons. The van der Waals surface area contributed by atoms with Gasteiger partial charge in [0.15, 0.2) is 0 Å². The van der Waals surface area contributed by atoms with Crippen molar-refractivity contribution in [2.45, 2.75) is 57.8 Å². The van der Waals surface area contributed by atoms with Crippen LogP contribution in [0.25, 0.3) is 16.5 Å². The molecule has 3 aromatic rings. The molecule has 3 atom stereocenters. The number of rotatable bonds is 8. The van der Waals surface area contributed by atoms with E-state index in [1.54, 1.807) is 0 Å². The molecule has 0 bridgehead atoms. The summed E-state index contributed by atoms with van der Waals surface area (Å²) in [7, 11) is 0. The van der Waals surface area contributed by atoms with E-state index < -0.39 is 6.17 Å². The average Bonchev–Trinajstić information content (AvgIpc) is 3.90. The highest BCUT2D eigenvalue weighted by molar-refractivity contribution is 5.92. The smallest absolute Gasteiger partial charge is 0.142 e. The Labute approximate surface area is 236 Å². The molecule has 211 valence electrons. The number of anilines is 1. The Hall–Kier alpha value is -2.96. The summed E-state index contributed by atoms with van der Waals surface area (Å²) < 4.78 is 21.1. The molecule has 7 rings (SSSR count). The van der Waals surface area contributed by atoms with Gasteiger partial charge < -0.3 is 15.4 Å². The number of nitrogens with one attached hydrogen (secondary N) is 2. The number of fused-ring (bicyclic) bond motifs is 2. The first kappa shape index (κ1) is 26.3. The number of halogens is 1. The van der Waals surface area contributed by atoms with E-state index in [0.29, 0.717) is 31.5 Å². The summed E-state index contributed by atoms with van der Waals surface area (Å²) in [5.41, 5.74) is 7.11. The summed E-state index contributed by atoms with van der Waals surface area (Å²) in [6.07, 6.45) is 8.76. The molecule has 2 N–H and O–H groups in total. The van der Waals surface area contributed by atoms with Crippen LogP contribution in [-0.4, -0.2) is 54.9 Å². The molecule has 2 aromatic carbocycles. The van der Waals surface area contributed by atoms with Crippen molar-refractivity contribution in [2.75, 3.05) is 38.1 Å². The number of aromatic nitrogens is 1. The van der Waals surface area contributed by atoms with E-state index in [-0.39, 0.29) is 10.3 Å². The third kappa shape index (κ3) is 5.97. The van der Waals surface area contributed by atoms with E-state index in [0.717, 1.165) is 48.6 Å². The highest BCUT2D eigenvalue weighted by Gasteiger charge is 2.37. The predicted molar refractivity (Wildman–Crippen MR) is 164 cm³/mol. The largest absolute Gasteiger partial charge is 0.490 e. The molecule has 6 heteroatoms. The van der Waals surface area contributed by atoms with Gasteiger partial charge in [-0.2, -0.15) is 0 Å². The Kier molecular flexibility index (Phi) is 7.85. The van der Waals surface area contributed by atoms with Crippen LogP contribution in [-0.2, 0) is 6.54 Å². The van der Waals surface area contributed by atoms with Gasteiger partial charge in [-0.05, 0) is 78.3 Å². The molecule has 1 aromatic heterocycles. The maximum atomic E-state index is 15.4. The van der Waals surface area contributed by atoms with Crippen LogP contribution in [0, 0.1) is 12.3 Å². The first-order valence-corrected chi connectivity index (χ1v) is 14.7. The molecule has 2 aliphatic heterocycles. The van der Waals surface area contributed by atoms with Gasteiger partial charge in [0.05, 0.1) is 11.2 Å². The number of likely N-dealkylation sites (tertiary alicyclic amines) is 1. The second-order valence-corrected chi connectivity index (χ2v) is 11.0. The molecule has 2 fully saturated rings. The number of hydrogen-bond donors (Lipinski definition) is 2. The van der Waals surface area contributed by atoms with Crippen LogP contribution in [0.15, 0.2) is 54.7 Å². The van der Waals surface area contributed by atoms with Crippen molar-refractivity contribution in [1.82, 2.24) is 15.2 Å². The monoisotopic (exact) mass is 533 g/mol. The van der Waals surface area contributed by atoms with Crippen molar-refractivity contribution in [1.29, 1.82) is 0 Å². The first-order chi connectivity index (χ1) is 19.2. The van der Waals surface area contributed by atoms with Gasteiger partial charge in [0.25, 0.3) is 0 Å². The molecule has 0 amide bonds. The lowest BCUT2D eigenvalue weighted by Gasteiger charge is -2.37. The fourth-order valence-electron chi connectivity index (χ4n) is 6.08. The van der Waals surface area contributed by atoms with E-state index in [9.17, 15) is 0 Å².